The van der Waals surface area contributed by atoms with Gasteiger partial charge in [-0.2, -0.15) is 0 Å². The van der Waals surface area contributed by atoms with Gasteiger partial charge in [0.05, 0.1) is 6.04 Å². The Morgan fingerprint density at radius 2 is 1.92 bits per heavy atom. The van der Waals surface area contributed by atoms with Crippen molar-refractivity contribution in [3.8, 4) is 5.75 Å². The number of phenols is 1. The number of benzene rings is 1. The molecule has 0 aromatic heterocycles. The van der Waals surface area contributed by atoms with Gasteiger partial charge in [0.2, 0.25) is 5.91 Å². The molecular formula is C9H8ClNO2. The lowest BCUT2D eigenvalue weighted by atomic mass is 9.97. The van der Waals surface area contributed by atoms with Crippen LogP contribution in [0.25, 0.3) is 0 Å². The van der Waals surface area contributed by atoms with Gasteiger partial charge in [-0.3, -0.25) is 4.79 Å². The van der Waals surface area contributed by atoms with Crippen molar-refractivity contribution in [2.24, 2.45) is 0 Å². The lowest BCUT2D eigenvalue weighted by Gasteiger charge is -2.32. The van der Waals surface area contributed by atoms with Crippen molar-refractivity contribution in [1.82, 2.24) is 5.32 Å². The smallest absolute Gasteiger partial charge is 0.241 e. The maximum Gasteiger partial charge on any atom is 0.241 e. The molecule has 1 heterocycles. The monoisotopic (exact) mass is 197 g/mol. The standard InChI is InChI=1S/C9H8ClNO2/c10-7-8(11-9(7)13)5-1-3-6(12)4-2-5/h1-4,7-8,12H,(H,11,13)/t7-,8+/m0/s1. The molecule has 2 rings (SSSR count). The summed E-state index contributed by atoms with van der Waals surface area (Å²) in [6.45, 7) is 0. The fourth-order valence-corrected chi connectivity index (χ4v) is 1.57. The molecule has 0 spiro atoms. The highest BCUT2D eigenvalue weighted by atomic mass is 35.5. The summed E-state index contributed by atoms with van der Waals surface area (Å²) in [5, 5.41) is 11.2. The number of phenolic OH excluding ortho intramolecular Hbond substituents is 1. The van der Waals surface area contributed by atoms with Crippen molar-refractivity contribution < 1.29 is 9.90 Å². The van der Waals surface area contributed by atoms with E-state index < -0.39 is 5.38 Å². The topological polar surface area (TPSA) is 49.3 Å². The van der Waals surface area contributed by atoms with E-state index >= 15 is 0 Å². The second-order valence-corrected chi connectivity index (χ2v) is 3.45. The number of carbonyl (C=O) groups excluding carboxylic acids is 1. The van der Waals surface area contributed by atoms with E-state index in [1.165, 1.54) is 0 Å². The summed E-state index contributed by atoms with van der Waals surface area (Å²) in [6, 6.07) is 6.52. The summed E-state index contributed by atoms with van der Waals surface area (Å²) in [5.41, 5.74) is 0.914. The molecule has 0 radical (unpaired) electrons. The highest BCUT2D eigenvalue weighted by Crippen LogP contribution is 2.29. The van der Waals surface area contributed by atoms with Crippen molar-refractivity contribution in [3.05, 3.63) is 29.8 Å². The van der Waals surface area contributed by atoms with Crippen LogP contribution in [-0.2, 0) is 4.79 Å². The Labute approximate surface area is 80.3 Å². The van der Waals surface area contributed by atoms with Crippen molar-refractivity contribution in [1.29, 1.82) is 0 Å². The molecule has 13 heavy (non-hydrogen) atoms. The molecule has 0 saturated carbocycles. The van der Waals surface area contributed by atoms with Crippen LogP contribution in [0.15, 0.2) is 24.3 Å². The van der Waals surface area contributed by atoms with Crippen LogP contribution in [0.2, 0.25) is 0 Å². The Hall–Kier alpha value is -1.22. The number of carbonyl (C=O) groups is 1. The highest BCUT2D eigenvalue weighted by molar-refractivity contribution is 6.33. The Morgan fingerprint density at radius 3 is 2.38 bits per heavy atom. The molecule has 1 aromatic rings. The van der Waals surface area contributed by atoms with Gasteiger partial charge in [0.15, 0.2) is 0 Å². The van der Waals surface area contributed by atoms with Crippen LogP contribution in [-0.4, -0.2) is 16.4 Å². The minimum absolute atomic E-state index is 0.116. The average Bonchev–Trinajstić information content (AvgIpc) is 2.15. The Bertz CT molecular complexity index is 336. The first-order chi connectivity index (χ1) is 6.18. The SMILES string of the molecule is O=C1N[C@H](c2ccc(O)cc2)[C@@H]1Cl. The van der Waals surface area contributed by atoms with E-state index in [1.807, 2.05) is 0 Å². The largest absolute Gasteiger partial charge is 0.508 e. The van der Waals surface area contributed by atoms with Crippen molar-refractivity contribution >= 4 is 17.5 Å². The van der Waals surface area contributed by atoms with Crippen molar-refractivity contribution in [2.75, 3.05) is 0 Å². The van der Waals surface area contributed by atoms with E-state index in [0.29, 0.717) is 0 Å². The van der Waals surface area contributed by atoms with Gasteiger partial charge in [0, 0.05) is 0 Å². The van der Waals surface area contributed by atoms with Gasteiger partial charge in [-0.05, 0) is 17.7 Å². The first-order valence-electron chi connectivity index (χ1n) is 3.92. The molecular weight excluding hydrogens is 190 g/mol. The zero-order valence-corrected chi connectivity index (χ0v) is 7.45. The molecule has 2 N–H and O–H groups in total. The number of amides is 1. The summed E-state index contributed by atoms with van der Waals surface area (Å²) >= 11 is 5.77. The van der Waals surface area contributed by atoms with Gasteiger partial charge in [0.1, 0.15) is 11.1 Å². The van der Waals surface area contributed by atoms with Crippen LogP contribution in [0.3, 0.4) is 0 Å². The van der Waals surface area contributed by atoms with Crippen LogP contribution >= 0.6 is 11.6 Å². The van der Waals surface area contributed by atoms with E-state index in [9.17, 15) is 4.79 Å². The third-order valence-corrected chi connectivity index (χ3v) is 2.54. The molecule has 1 fully saturated rings. The van der Waals surface area contributed by atoms with E-state index in [0.717, 1.165) is 5.56 Å². The summed E-state index contributed by atoms with van der Waals surface area (Å²) in [4.78, 5) is 10.8. The Balaban J connectivity index is 2.18. The predicted octanol–water partition coefficient (Wildman–Crippen LogP) is 1.17. The zero-order valence-electron chi connectivity index (χ0n) is 6.70. The number of hydrogen-bond donors (Lipinski definition) is 2. The minimum atomic E-state index is -0.482. The first-order valence-corrected chi connectivity index (χ1v) is 4.35. The molecule has 0 unspecified atom stereocenters. The maximum absolute atomic E-state index is 10.8. The van der Waals surface area contributed by atoms with Gasteiger partial charge in [-0.1, -0.05) is 12.1 Å². The quantitative estimate of drug-likeness (QED) is 0.525. The molecule has 4 heteroatoms. The normalized spacial score (nSPS) is 26.4. The molecule has 3 nitrogen and oxygen atoms in total. The van der Waals surface area contributed by atoms with Crippen molar-refractivity contribution in [3.63, 3.8) is 0 Å². The van der Waals surface area contributed by atoms with Gasteiger partial charge in [-0.15, -0.1) is 11.6 Å². The summed E-state index contributed by atoms with van der Waals surface area (Å²) in [6.07, 6.45) is 0. The number of halogens is 1. The number of nitrogens with one attached hydrogen (secondary N) is 1. The zero-order chi connectivity index (χ0) is 9.42. The molecule has 2 atom stereocenters. The molecule has 0 bridgehead atoms. The lowest BCUT2D eigenvalue weighted by Crippen LogP contribution is -2.52. The number of alkyl halides is 1. The maximum atomic E-state index is 10.8. The second kappa shape index (κ2) is 2.92. The van der Waals surface area contributed by atoms with Crippen LogP contribution < -0.4 is 5.32 Å². The van der Waals surface area contributed by atoms with E-state index in [2.05, 4.69) is 5.32 Å². The first kappa shape index (κ1) is 8.38. The Kier molecular flexibility index (Phi) is 1.88. The molecule has 1 aromatic carbocycles. The van der Waals surface area contributed by atoms with Gasteiger partial charge < -0.3 is 10.4 Å². The third kappa shape index (κ3) is 1.35. The molecule has 0 aliphatic carbocycles. The highest BCUT2D eigenvalue weighted by Gasteiger charge is 2.38. The predicted molar refractivity (Wildman–Crippen MR) is 48.6 cm³/mol. The van der Waals surface area contributed by atoms with Gasteiger partial charge >= 0.3 is 0 Å². The van der Waals surface area contributed by atoms with Crippen LogP contribution in [0.4, 0.5) is 0 Å². The lowest BCUT2D eigenvalue weighted by molar-refractivity contribution is -0.127. The molecule has 68 valence electrons. The van der Waals surface area contributed by atoms with E-state index in [-0.39, 0.29) is 17.7 Å². The Morgan fingerprint density at radius 1 is 1.31 bits per heavy atom. The van der Waals surface area contributed by atoms with Crippen LogP contribution in [0, 0.1) is 0 Å². The average molecular weight is 198 g/mol. The van der Waals surface area contributed by atoms with Crippen molar-refractivity contribution in [2.45, 2.75) is 11.4 Å². The number of aromatic hydroxyl groups is 1. The van der Waals surface area contributed by atoms with Crippen LogP contribution in [0.5, 0.6) is 5.75 Å². The molecule has 1 aliphatic heterocycles. The van der Waals surface area contributed by atoms with Gasteiger partial charge in [0.25, 0.3) is 0 Å². The number of β-lactam (4-membered cyclic amide) rings is 1. The summed E-state index contributed by atoms with van der Waals surface area (Å²) < 4.78 is 0. The fraction of sp³-hybridized carbons (Fsp3) is 0.222. The molecule has 1 saturated heterocycles. The molecule has 1 amide bonds. The minimum Gasteiger partial charge on any atom is -0.508 e. The van der Waals surface area contributed by atoms with Crippen LogP contribution in [0.1, 0.15) is 11.6 Å². The third-order valence-electron chi connectivity index (χ3n) is 2.09. The number of rotatable bonds is 1. The molecule has 1 aliphatic rings. The van der Waals surface area contributed by atoms with Gasteiger partial charge in [-0.25, -0.2) is 0 Å². The summed E-state index contributed by atoms with van der Waals surface area (Å²) in [5.74, 6) is 0.0697. The fourth-order valence-electron chi connectivity index (χ4n) is 1.30. The second-order valence-electron chi connectivity index (χ2n) is 2.98. The van der Waals surface area contributed by atoms with E-state index in [4.69, 9.17) is 16.7 Å². The summed E-state index contributed by atoms with van der Waals surface area (Å²) in [7, 11) is 0. The number of hydrogen-bond acceptors (Lipinski definition) is 2. The van der Waals surface area contributed by atoms with E-state index in [1.54, 1.807) is 24.3 Å².